The Labute approximate surface area is 458 Å². The van der Waals surface area contributed by atoms with Crippen LogP contribution in [-0.4, -0.2) is 74.9 Å². The number of para-hydroxylation sites is 2. The first kappa shape index (κ1) is 53.3. The van der Waals surface area contributed by atoms with Crippen LogP contribution in [0.5, 0.6) is 34.5 Å². The second kappa shape index (κ2) is 25.4. The van der Waals surface area contributed by atoms with Gasteiger partial charge >= 0.3 is 0 Å². The Bertz CT molecular complexity index is 3340. The lowest BCUT2D eigenvalue weighted by atomic mass is 10.0. The molecule has 4 aromatic heterocycles. The van der Waals surface area contributed by atoms with Gasteiger partial charge in [-0.25, -0.2) is 9.97 Å². The van der Waals surface area contributed by atoms with Crippen LogP contribution in [0.25, 0.3) is 66.1 Å². The van der Waals surface area contributed by atoms with Gasteiger partial charge in [0.1, 0.15) is 0 Å². The van der Waals surface area contributed by atoms with Crippen LogP contribution in [-0.2, 0) is 39.0 Å². The van der Waals surface area contributed by atoms with Gasteiger partial charge in [-0.2, -0.15) is 0 Å². The van der Waals surface area contributed by atoms with E-state index in [-0.39, 0.29) is 0 Å². The van der Waals surface area contributed by atoms with Gasteiger partial charge in [0, 0.05) is 69.9 Å². The number of hydrogen-bond acceptors (Lipinski definition) is 10. The zero-order chi connectivity index (χ0) is 53.8. The van der Waals surface area contributed by atoms with Crippen molar-refractivity contribution in [1.29, 1.82) is 0 Å². The highest BCUT2D eigenvalue weighted by molar-refractivity contribution is 6.13. The summed E-state index contributed by atoms with van der Waals surface area (Å²) in [6.45, 7) is 4.76. The average molecular weight is 1050 g/mol. The number of ether oxygens (including phenoxy) is 6. The molecule has 2 N–H and O–H groups in total. The van der Waals surface area contributed by atoms with E-state index in [1.165, 1.54) is 43.7 Å². The van der Waals surface area contributed by atoms with Crippen molar-refractivity contribution in [3.05, 3.63) is 168 Å². The number of benzene rings is 6. The van der Waals surface area contributed by atoms with Gasteiger partial charge in [-0.1, -0.05) is 110 Å². The molecule has 12 heteroatoms. The Kier molecular flexibility index (Phi) is 17.4. The molecule has 0 aliphatic rings. The summed E-state index contributed by atoms with van der Waals surface area (Å²) in [5, 5.41) is 12.3. The molecule has 4 heterocycles. The molecule has 0 bridgehead atoms. The fraction of sp³-hybridized carbons (Fsp3) is 0.303. The summed E-state index contributed by atoms with van der Waals surface area (Å²) < 4.78 is 39.8. The van der Waals surface area contributed by atoms with E-state index in [1.807, 2.05) is 24.3 Å². The van der Waals surface area contributed by atoms with Crippen molar-refractivity contribution in [3.63, 3.8) is 0 Å². The summed E-state index contributed by atoms with van der Waals surface area (Å²) in [4.78, 5) is 10.9. The molecule has 0 fully saturated rings. The van der Waals surface area contributed by atoms with Gasteiger partial charge in [0.05, 0.1) is 76.5 Å². The van der Waals surface area contributed by atoms with Crippen LogP contribution in [0.1, 0.15) is 61.0 Å². The van der Waals surface area contributed by atoms with Crippen molar-refractivity contribution < 1.29 is 28.4 Å². The predicted octanol–water partition coefficient (Wildman–Crippen LogP) is 13.8. The molecule has 10 rings (SSSR count). The van der Waals surface area contributed by atoms with Crippen molar-refractivity contribution in [2.24, 2.45) is 0 Å². The molecule has 0 atom stereocenters. The van der Waals surface area contributed by atoms with Gasteiger partial charge in [0.15, 0.2) is 23.0 Å². The predicted molar refractivity (Wildman–Crippen MR) is 316 cm³/mol. The van der Waals surface area contributed by atoms with E-state index in [0.29, 0.717) is 47.6 Å². The lowest BCUT2D eigenvalue weighted by Gasteiger charge is -2.16. The number of nitrogens with zero attached hydrogens (tertiary/aromatic N) is 4. The van der Waals surface area contributed by atoms with Crippen LogP contribution in [0.2, 0.25) is 0 Å². The summed E-state index contributed by atoms with van der Waals surface area (Å²) in [6.07, 6.45) is 8.31. The van der Waals surface area contributed by atoms with Gasteiger partial charge in [-0.15, -0.1) is 0 Å². The van der Waals surface area contributed by atoms with Crippen molar-refractivity contribution in [3.8, 4) is 57.0 Å². The number of unbranched alkanes of at least 4 members (excludes halogenated alkanes) is 3. The highest BCUT2D eigenvalue weighted by Gasteiger charge is 2.24. The van der Waals surface area contributed by atoms with Crippen LogP contribution >= 0.6 is 0 Å². The van der Waals surface area contributed by atoms with Crippen LogP contribution in [0, 0.1) is 0 Å². The molecule has 6 aromatic carbocycles. The first-order valence-electron chi connectivity index (χ1n) is 27.4. The maximum Gasteiger partial charge on any atom is 0.203 e. The lowest BCUT2D eigenvalue weighted by molar-refractivity contribution is 0.324. The minimum atomic E-state index is 0.555. The maximum absolute atomic E-state index is 5.86. The third-order valence-electron chi connectivity index (χ3n) is 14.9. The topological polar surface area (TPSA) is 115 Å². The first-order chi connectivity index (χ1) is 38.4. The molecule has 0 saturated carbocycles. The van der Waals surface area contributed by atoms with Gasteiger partial charge < -0.3 is 48.2 Å². The summed E-state index contributed by atoms with van der Waals surface area (Å²) in [5.74, 6) is 3.49. The fourth-order valence-corrected chi connectivity index (χ4v) is 11.2. The number of fused-ring (bicyclic) bond motifs is 6. The Balaban J connectivity index is 0.816. The molecule has 0 saturated heterocycles. The molecule has 402 valence electrons. The molecule has 12 nitrogen and oxygen atoms in total. The zero-order valence-corrected chi connectivity index (χ0v) is 46.0. The van der Waals surface area contributed by atoms with Crippen LogP contribution in [0.15, 0.2) is 146 Å². The molecule has 0 spiro atoms. The quantitative estimate of drug-likeness (QED) is 0.0483. The average Bonchev–Trinajstić information content (AvgIpc) is 4.21. The monoisotopic (exact) mass is 1040 g/mol. The molecule has 0 unspecified atom stereocenters. The second-order valence-electron chi connectivity index (χ2n) is 19.8. The molecule has 0 aliphatic heterocycles. The molecule has 78 heavy (non-hydrogen) atoms. The summed E-state index contributed by atoms with van der Waals surface area (Å²) in [5.41, 5.74) is 12.8. The largest absolute Gasteiger partial charge is 0.493 e. The highest BCUT2D eigenvalue weighted by atomic mass is 16.5. The van der Waals surface area contributed by atoms with Crippen LogP contribution < -0.4 is 39.1 Å². The summed E-state index contributed by atoms with van der Waals surface area (Å²) in [6, 6.07) is 51.5. The molecule has 0 amide bonds. The smallest absolute Gasteiger partial charge is 0.203 e. The Morgan fingerprint density at radius 3 is 1.13 bits per heavy atom. The van der Waals surface area contributed by atoms with Crippen LogP contribution in [0.4, 0.5) is 0 Å². The first-order valence-corrected chi connectivity index (χ1v) is 27.4. The molecule has 0 aliphatic carbocycles. The maximum atomic E-state index is 5.86. The van der Waals surface area contributed by atoms with E-state index in [0.717, 1.165) is 122 Å². The third kappa shape index (κ3) is 11.5. The van der Waals surface area contributed by atoms with E-state index in [2.05, 4.69) is 141 Å². The molecule has 0 radical (unpaired) electrons. The van der Waals surface area contributed by atoms with Gasteiger partial charge in [0.2, 0.25) is 11.5 Å². The van der Waals surface area contributed by atoms with E-state index in [4.69, 9.17) is 38.4 Å². The van der Waals surface area contributed by atoms with E-state index < -0.39 is 0 Å². The minimum absolute atomic E-state index is 0.555. The van der Waals surface area contributed by atoms with Gasteiger partial charge in [-0.05, 0) is 111 Å². The summed E-state index contributed by atoms with van der Waals surface area (Å²) in [7, 11) is 9.90. The van der Waals surface area contributed by atoms with Gasteiger partial charge in [-0.3, -0.25) is 0 Å². The third-order valence-corrected chi connectivity index (χ3v) is 14.9. The number of aromatic nitrogens is 4. The van der Waals surface area contributed by atoms with E-state index >= 15 is 0 Å². The molecular formula is C66H72N6O6. The second-order valence-corrected chi connectivity index (χ2v) is 19.8. The Morgan fingerprint density at radius 2 is 0.756 bits per heavy atom. The van der Waals surface area contributed by atoms with Crippen molar-refractivity contribution >= 4 is 43.6 Å². The Morgan fingerprint density at radius 1 is 0.385 bits per heavy atom. The number of hydrogen-bond donors (Lipinski definition) is 2. The number of nitrogens with one attached hydrogen (secondary N) is 2. The number of rotatable bonds is 27. The van der Waals surface area contributed by atoms with Crippen molar-refractivity contribution in [2.45, 2.75) is 77.5 Å². The fourth-order valence-electron chi connectivity index (χ4n) is 11.2. The van der Waals surface area contributed by atoms with Crippen LogP contribution in [0.3, 0.4) is 0 Å². The highest BCUT2D eigenvalue weighted by Crippen LogP contribution is 2.45. The molecular weight excluding hydrogens is 973 g/mol. The SMILES string of the molecule is COc1cc(-c2nc(CNCCCCCCNCc3cc4c5ccccc5n(CCCc5ccccc5)c4c(-c4cc(OC)c(OC)c(OC)c4)n3)cc3c4ccccc4n(CCCc4ccccc4)c23)cc(OC)c1OC. The van der Waals surface area contributed by atoms with E-state index in [1.54, 1.807) is 42.7 Å². The normalized spacial score (nSPS) is 11.5. The van der Waals surface area contributed by atoms with E-state index in [9.17, 15) is 0 Å². The standard InChI is InChI=1S/C66H72N6O6/c1-73-57-37-47(38-58(74-2)65(57)77-5)61-63-53(51-29-15-17-31-55(51)71(63)35-21-27-45-23-11-9-12-24-45)41-49(69-61)43-67-33-19-7-8-20-34-68-44-50-42-54-52-30-16-18-32-56(52)72(36-22-28-46-25-13-10-14-26-46)64(54)62(70-50)48-39-59(75-3)66(78-6)60(40-48)76-4/h9-18,23-26,29-32,37-42,67-68H,7-8,19-22,27-28,33-36,43-44H2,1-6H3. The Hall–Kier alpha value is -8.06. The zero-order valence-electron chi connectivity index (χ0n) is 46.0. The summed E-state index contributed by atoms with van der Waals surface area (Å²) >= 11 is 0. The van der Waals surface area contributed by atoms with Crippen molar-refractivity contribution in [1.82, 2.24) is 29.7 Å². The number of aryl methyl sites for hydroxylation is 4. The number of pyridine rings is 2. The minimum Gasteiger partial charge on any atom is -0.493 e. The van der Waals surface area contributed by atoms with Crippen molar-refractivity contribution in [2.75, 3.05) is 55.7 Å². The van der Waals surface area contributed by atoms with Gasteiger partial charge in [0.25, 0.3) is 0 Å². The number of methoxy groups -OCH3 is 6. The lowest BCUT2D eigenvalue weighted by Crippen LogP contribution is -2.17. The molecule has 10 aromatic rings.